The number of hydrogen-bond acceptors (Lipinski definition) is 2. The van der Waals surface area contributed by atoms with Gasteiger partial charge in [-0.2, -0.15) is 0 Å². The Morgan fingerprint density at radius 2 is 1.79 bits per heavy atom. The molecule has 1 aromatic carbocycles. The molecule has 2 nitrogen and oxygen atoms in total. The molecular formula is C17H28N2. The Morgan fingerprint density at radius 3 is 2.37 bits per heavy atom. The fourth-order valence-corrected chi connectivity index (χ4v) is 3.26. The zero-order chi connectivity index (χ0) is 13.7. The summed E-state index contributed by atoms with van der Waals surface area (Å²) in [7, 11) is 2.24. The molecule has 1 saturated carbocycles. The van der Waals surface area contributed by atoms with E-state index in [2.05, 4.69) is 43.1 Å². The van der Waals surface area contributed by atoms with Gasteiger partial charge in [0, 0.05) is 18.6 Å². The van der Waals surface area contributed by atoms with Crippen LogP contribution in [-0.4, -0.2) is 24.5 Å². The summed E-state index contributed by atoms with van der Waals surface area (Å²) in [5.41, 5.74) is 7.56. The van der Waals surface area contributed by atoms with Gasteiger partial charge in [0.05, 0.1) is 0 Å². The fraction of sp³-hybridized carbons (Fsp3) is 0.647. The van der Waals surface area contributed by atoms with Crippen molar-refractivity contribution in [2.75, 3.05) is 13.6 Å². The van der Waals surface area contributed by atoms with E-state index in [-0.39, 0.29) is 6.04 Å². The topological polar surface area (TPSA) is 29.3 Å². The summed E-state index contributed by atoms with van der Waals surface area (Å²) in [6.45, 7) is 3.28. The molecule has 1 unspecified atom stereocenters. The molecule has 2 rings (SSSR count). The minimum Gasteiger partial charge on any atom is -0.323 e. The second-order valence-corrected chi connectivity index (χ2v) is 6.04. The largest absolute Gasteiger partial charge is 0.323 e. The Balaban J connectivity index is 1.83. The summed E-state index contributed by atoms with van der Waals surface area (Å²) >= 11 is 0. The van der Waals surface area contributed by atoms with E-state index in [0.29, 0.717) is 0 Å². The number of likely N-dealkylation sites (N-methyl/N-ethyl adjacent to an activating group) is 1. The van der Waals surface area contributed by atoms with Crippen LogP contribution >= 0.6 is 0 Å². The quantitative estimate of drug-likeness (QED) is 0.876. The van der Waals surface area contributed by atoms with Gasteiger partial charge in [0.1, 0.15) is 0 Å². The molecule has 1 aliphatic carbocycles. The maximum atomic E-state index is 6.31. The van der Waals surface area contributed by atoms with Crippen LogP contribution in [0.4, 0.5) is 0 Å². The van der Waals surface area contributed by atoms with Gasteiger partial charge >= 0.3 is 0 Å². The molecule has 0 bridgehead atoms. The smallest absolute Gasteiger partial charge is 0.0424 e. The van der Waals surface area contributed by atoms with Crippen molar-refractivity contribution in [2.24, 2.45) is 11.7 Å². The van der Waals surface area contributed by atoms with Crippen molar-refractivity contribution in [3.05, 3.63) is 35.9 Å². The Labute approximate surface area is 118 Å². The molecule has 2 N–H and O–H groups in total. The van der Waals surface area contributed by atoms with Gasteiger partial charge in [0.2, 0.25) is 0 Å². The minimum absolute atomic E-state index is 0.134. The molecule has 106 valence electrons. The summed E-state index contributed by atoms with van der Waals surface area (Å²) in [5.74, 6) is 0.965. The van der Waals surface area contributed by atoms with Gasteiger partial charge < -0.3 is 10.6 Å². The van der Waals surface area contributed by atoms with Crippen molar-refractivity contribution < 1.29 is 0 Å². The van der Waals surface area contributed by atoms with Gasteiger partial charge in [-0.3, -0.25) is 0 Å². The average molecular weight is 260 g/mol. The number of nitrogens with two attached hydrogens (primary N) is 1. The molecule has 1 atom stereocenters. The van der Waals surface area contributed by atoms with E-state index in [1.807, 2.05) is 6.07 Å². The molecule has 1 aromatic rings. The lowest BCUT2D eigenvalue weighted by Gasteiger charge is -2.35. The average Bonchev–Trinajstić information content (AvgIpc) is 2.48. The van der Waals surface area contributed by atoms with E-state index in [0.717, 1.165) is 18.5 Å². The molecule has 0 heterocycles. The second kappa shape index (κ2) is 7.06. The third-order valence-electron chi connectivity index (χ3n) is 4.73. The molecular weight excluding hydrogens is 232 g/mol. The number of hydrogen-bond donors (Lipinski definition) is 1. The van der Waals surface area contributed by atoms with Crippen LogP contribution in [0.5, 0.6) is 0 Å². The molecule has 0 aliphatic heterocycles. The third-order valence-corrected chi connectivity index (χ3v) is 4.73. The fourth-order valence-electron chi connectivity index (χ4n) is 3.26. The van der Waals surface area contributed by atoms with E-state index < -0.39 is 0 Å². The zero-order valence-electron chi connectivity index (χ0n) is 12.4. The van der Waals surface area contributed by atoms with Gasteiger partial charge in [0.25, 0.3) is 0 Å². The Morgan fingerprint density at radius 1 is 1.16 bits per heavy atom. The Bertz CT molecular complexity index is 355. The summed E-state index contributed by atoms with van der Waals surface area (Å²) in [4.78, 5) is 2.48. The van der Waals surface area contributed by atoms with Crippen LogP contribution in [0, 0.1) is 5.92 Å². The van der Waals surface area contributed by atoms with Crippen LogP contribution in [-0.2, 0) is 0 Å². The van der Waals surface area contributed by atoms with Crippen molar-refractivity contribution in [1.29, 1.82) is 0 Å². The summed E-state index contributed by atoms with van der Waals surface area (Å²) in [6, 6.07) is 11.3. The summed E-state index contributed by atoms with van der Waals surface area (Å²) in [6.07, 6.45) is 6.82. The van der Waals surface area contributed by atoms with E-state index in [9.17, 15) is 0 Å². The molecule has 1 aliphatic rings. The van der Waals surface area contributed by atoms with Crippen LogP contribution in [0.15, 0.2) is 30.3 Å². The standard InChI is InChI=1S/C17H28N2/c1-3-14-9-11-16(12-10-14)19(2)13-17(18)15-7-5-4-6-8-15/h4-8,14,16-17H,3,9-13,18H2,1-2H3. The SMILES string of the molecule is CCC1CCC(N(C)CC(N)c2ccccc2)CC1. The normalized spacial score (nSPS) is 25.5. The van der Waals surface area contributed by atoms with Crippen molar-refractivity contribution in [1.82, 2.24) is 4.90 Å². The molecule has 0 radical (unpaired) electrons. The Kier molecular flexibility index (Phi) is 5.41. The van der Waals surface area contributed by atoms with Gasteiger partial charge in [-0.05, 0) is 44.2 Å². The monoisotopic (exact) mass is 260 g/mol. The van der Waals surface area contributed by atoms with Crippen molar-refractivity contribution in [3.8, 4) is 0 Å². The molecule has 0 spiro atoms. The van der Waals surface area contributed by atoms with Crippen molar-refractivity contribution in [3.63, 3.8) is 0 Å². The second-order valence-electron chi connectivity index (χ2n) is 6.04. The summed E-state index contributed by atoms with van der Waals surface area (Å²) < 4.78 is 0. The third kappa shape index (κ3) is 4.05. The van der Waals surface area contributed by atoms with Crippen molar-refractivity contribution in [2.45, 2.75) is 51.1 Å². The van der Waals surface area contributed by atoms with Crippen LogP contribution < -0.4 is 5.73 Å². The number of benzene rings is 1. The lowest BCUT2D eigenvalue weighted by molar-refractivity contribution is 0.156. The number of rotatable bonds is 5. The van der Waals surface area contributed by atoms with Crippen LogP contribution in [0.3, 0.4) is 0 Å². The van der Waals surface area contributed by atoms with Gasteiger partial charge in [-0.25, -0.2) is 0 Å². The zero-order valence-corrected chi connectivity index (χ0v) is 12.4. The maximum absolute atomic E-state index is 6.31. The first kappa shape index (κ1) is 14.5. The highest BCUT2D eigenvalue weighted by atomic mass is 15.1. The van der Waals surface area contributed by atoms with Crippen LogP contribution in [0.1, 0.15) is 50.6 Å². The minimum atomic E-state index is 0.134. The molecule has 19 heavy (non-hydrogen) atoms. The lowest BCUT2D eigenvalue weighted by Crippen LogP contribution is -2.39. The van der Waals surface area contributed by atoms with E-state index in [1.165, 1.54) is 37.7 Å². The molecule has 0 saturated heterocycles. The van der Waals surface area contributed by atoms with Crippen molar-refractivity contribution >= 4 is 0 Å². The highest BCUT2D eigenvalue weighted by molar-refractivity contribution is 5.18. The van der Waals surface area contributed by atoms with Gasteiger partial charge in [-0.1, -0.05) is 43.7 Å². The predicted molar refractivity (Wildman–Crippen MR) is 82.0 cm³/mol. The molecule has 0 aromatic heterocycles. The predicted octanol–water partition coefficient (Wildman–Crippen LogP) is 3.59. The molecule has 1 fully saturated rings. The molecule has 2 heteroatoms. The first-order chi connectivity index (χ1) is 9.20. The van der Waals surface area contributed by atoms with E-state index in [1.54, 1.807) is 0 Å². The Hall–Kier alpha value is -0.860. The van der Waals surface area contributed by atoms with Crippen LogP contribution in [0.2, 0.25) is 0 Å². The highest BCUT2D eigenvalue weighted by Crippen LogP contribution is 2.29. The maximum Gasteiger partial charge on any atom is 0.0424 e. The van der Waals surface area contributed by atoms with Gasteiger partial charge in [0.15, 0.2) is 0 Å². The first-order valence-corrected chi connectivity index (χ1v) is 7.71. The summed E-state index contributed by atoms with van der Waals surface area (Å²) in [5, 5.41) is 0. The van der Waals surface area contributed by atoms with Gasteiger partial charge in [-0.15, -0.1) is 0 Å². The van der Waals surface area contributed by atoms with E-state index in [4.69, 9.17) is 5.73 Å². The molecule has 0 amide bonds. The van der Waals surface area contributed by atoms with Crippen LogP contribution in [0.25, 0.3) is 0 Å². The number of nitrogens with zero attached hydrogens (tertiary/aromatic N) is 1. The van der Waals surface area contributed by atoms with E-state index >= 15 is 0 Å². The lowest BCUT2D eigenvalue weighted by atomic mass is 9.84. The highest BCUT2D eigenvalue weighted by Gasteiger charge is 2.24. The first-order valence-electron chi connectivity index (χ1n) is 7.71.